The maximum atomic E-state index is 13.1. The Hall–Kier alpha value is -2.64. The van der Waals surface area contributed by atoms with E-state index in [1.807, 2.05) is 0 Å². The van der Waals surface area contributed by atoms with Crippen LogP contribution in [0.5, 0.6) is 0 Å². The number of ether oxygens (including phenoxy) is 1. The van der Waals surface area contributed by atoms with Crippen molar-refractivity contribution in [2.24, 2.45) is 0 Å². The first kappa shape index (κ1) is 20.6. The summed E-state index contributed by atoms with van der Waals surface area (Å²) in [6, 6.07) is 12.2. The van der Waals surface area contributed by atoms with Gasteiger partial charge in [-0.2, -0.15) is 0 Å². The van der Waals surface area contributed by atoms with Crippen LogP contribution in [0.15, 0.2) is 42.5 Å². The van der Waals surface area contributed by atoms with Crippen molar-refractivity contribution < 1.29 is 13.9 Å². The number of amides is 2. The minimum atomic E-state index is -0.327. The highest BCUT2D eigenvalue weighted by atomic mass is 19.1. The lowest BCUT2D eigenvalue weighted by Crippen LogP contribution is -2.44. The number of fused-ring (bicyclic) bond motifs is 1. The number of benzene rings is 2. The lowest BCUT2D eigenvalue weighted by molar-refractivity contribution is 0.0167. The normalized spacial score (nSPS) is 17.9. The van der Waals surface area contributed by atoms with Crippen molar-refractivity contribution in [1.82, 2.24) is 10.2 Å². The average Bonchev–Trinajstić information content (AvgIpc) is 2.76. The molecule has 2 aromatic rings. The highest BCUT2D eigenvalue weighted by molar-refractivity contribution is 5.89. The van der Waals surface area contributed by atoms with E-state index in [2.05, 4.69) is 45.7 Å². The van der Waals surface area contributed by atoms with Gasteiger partial charge in [-0.05, 0) is 54.3 Å². The van der Waals surface area contributed by atoms with Gasteiger partial charge < -0.3 is 20.3 Å². The highest BCUT2D eigenvalue weighted by Crippen LogP contribution is 2.31. The van der Waals surface area contributed by atoms with Crippen LogP contribution in [0.1, 0.15) is 23.6 Å². The zero-order valence-electron chi connectivity index (χ0n) is 17.4. The maximum absolute atomic E-state index is 13.1. The second-order valence-corrected chi connectivity index (χ2v) is 7.92. The second kappa shape index (κ2) is 9.45. The summed E-state index contributed by atoms with van der Waals surface area (Å²) < 4.78 is 18.6. The Morgan fingerprint density at radius 3 is 2.67 bits per heavy atom. The molecule has 1 saturated heterocycles. The first-order valence-electron chi connectivity index (χ1n) is 10.6. The van der Waals surface area contributed by atoms with Crippen molar-refractivity contribution in [2.45, 2.75) is 18.9 Å². The van der Waals surface area contributed by atoms with Gasteiger partial charge in [-0.15, -0.1) is 0 Å². The van der Waals surface area contributed by atoms with Crippen LogP contribution < -0.4 is 15.5 Å². The van der Waals surface area contributed by atoms with E-state index in [1.165, 1.54) is 28.9 Å². The van der Waals surface area contributed by atoms with Gasteiger partial charge in [-0.3, -0.25) is 4.90 Å². The van der Waals surface area contributed by atoms with Crippen LogP contribution >= 0.6 is 0 Å². The van der Waals surface area contributed by atoms with Crippen LogP contribution in [-0.2, 0) is 11.2 Å². The Kier molecular flexibility index (Phi) is 6.50. The number of hydrogen-bond donors (Lipinski definition) is 2. The summed E-state index contributed by atoms with van der Waals surface area (Å²) in [5.41, 5.74) is 4.45. The van der Waals surface area contributed by atoms with Crippen molar-refractivity contribution in [3.8, 4) is 0 Å². The van der Waals surface area contributed by atoms with E-state index in [0.717, 1.165) is 32.5 Å². The summed E-state index contributed by atoms with van der Waals surface area (Å²) in [4.78, 5) is 17.1. The maximum Gasteiger partial charge on any atom is 0.319 e. The van der Waals surface area contributed by atoms with Crippen LogP contribution in [-0.4, -0.2) is 57.4 Å². The molecule has 2 amide bonds. The number of rotatable bonds is 5. The van der Waals surface area contributed by atoms with Gasteiger partial charge in [-0.1, -0.05) is 12.1 Å². The summed E-state index contributed by atoms with van der Waals surface area (Å²) in [6.45, 7) is 4.65. The number of halogens is 1. The number of carbonyl (C=O) groups excluding carboxylic acids is 1. The van der Waals surface area contributed by atoms with E-state index >= 15 is 0 Å². The molecule has 6 nitrogen and oxygen atoms in total. The predicted octanol–water partition coefficient (Wildman–Crippen LogP) is 3.40. The lowest BCUT2D eigenvalue weighted by Gasteiger charge is -2.36. The largest absolute Gasteiger partial charge is 0.379 e. The van der Waals surface area contributed by atoms with Crippen molar-refractivity contribution in [2.75, 3.05) is 56.7 Å². The fourth-order valence-corrected chi connectivity index (χ4v) is 4.26. The van der Waals surface area contributed by atoms with Gasteiger partial charge in [0, 0.05) is 44.6 Å². The quantitative estimate of drug-likeness (QED) is 0.790. The Morgan fingerprint density at radius 1 is 1.13 bits per heavy atom. The molecule has 30 heavy (non-hydrogen) atoms. The number of nitrogens with zero attached hydrogens (tertiary/aromatic N) is 2. The van der Waals surface area contributed by atoms with Crippen LogP contribution in [0.3, 0.4) is 0 Å². The fourth-order valence-electron chi connectivity index (χ4n) is 4.26. The molecule has 160 valence electrons. The third-order valence-electron chi connectivity index (χ3n) is 5.88. The average molecular weight is 413 g/mol. The second-order valence-electron chi connectivity index (χ2n) is 7.92. The van der Waals surface area contributed by atoms with Crippen LogP contribution in [0, 0.1) is 5.82 Å². The SMILES string of the molecule is CN1CCCc2cc([C@@H](CNC(=O)Nc3ccc(F)cc3)N3CCOCC3)ccc21. The van der Waals surface area contributed by atoms with Crippen molar-refractivity contribution >= 4 is 17.4 Å². The fraction of sp³-hybridized carbons (Fsp3) is 0.435. The summed E-state index contributed by atoms with van der Waals surface area (Å²) in [5, 5.41) is 5.76. The molecule has 0 aromatic heterocycles. The predicted molar refractivity (Wildman–Crippen MR) is 117 cm³/mol. The van der Waals surface area contributed by atoms with E-state index in [-0.39, 0.29) is 17.9 Å². The van der Waals surface area contributed by atoms with Crippen LogP contribution in [0.4, 0.5) is 20.6 Å². The van der Waals surface area contributed by atoms with Crippen LogP contribution in [0.2, 0.25) is 0 Å². The first-order valence-corrected chi connectivity index (χ1v) is 10.6. The van der Waals surface area contributed by atoms with E-state index in [0.29, 0.717) is 25.4 Å². The first-order chi connectivity index (χ1) is 14.6. The van der Waals surface area contributed by atoms with Gasteiger partial charge in [0.15, 0.2) is 0 Å². The molecule has 0 spiro atoms. The molecule has 0 radical (unpaired) electrons. The van der Waals surface area contributed by atoms with Gasteiger partial charge in [-0.25, -0.2) is 9.18 Å². The third kappa shape index (κ3) is 4.91. The molecule has 1 fully saturated rings. The standard InChI is InChI=1S/C23H29FN4O2/c1-27-10-2-3-17-15-18(4-9-21(17)27)22(28-11-13-30-14-12-28)16-25-23(29)26-20-7-5-19(24)6-8-20/h4-9,15,22H,2-3,10-14,16H2,1H3,(H2,25,26,29)/t22-/m1/s1. The Morgan fingerprint density at radius 2 is 1.90 bits per heavy atom. The molecular weight excluding hydrogens is 383 g/mol. The van der Waals surface area contributed by atoms with E-state index in [9.17, 15) is 9.18 Å². The molecule has 2 aromatic carbocycles. The molecule has 2 N–H and O–H groups in total. The number of urea groups is 1. The van der Waals surface area contributed by atoms with Crippen molar-refractivity contribution in [1.29, 1.82) is 0 Å². The lowest BCUT2D eigenvalue weighted by atomic mass is 9.95. The zero-order chi connectivity index (χ0) is 20.9. The number of morpholine rings is 1. The molecule has 2 heterocycles. The van der Waals surface area contributed by atoms with Crippen molar-refractivity contribution in [3.05, 3.63) is 59.4 Å². The Balaban J connectivity index is 1.47. The van der Waals surface area contributed by atoms with Gasteiger partial charge in [0.05, 0.1) is 19.3 Å². The molecule has 0 unspecified atom stereocenters. The zero-order valence-corrected chi connectivity index (χ0v) is 17.4. The van der Waals surface area contributed by atoms with Crippen molar-refractivity contribution in [3.63, 3.8) is 0 Å². The summed E-state index contributed by atoms with van der Waals surface area (Å²) in [5.74, 6) is -0.327. The highest BCUT2D eigenvalue weighted by Gasteiger charge is 2.25. The molecule has 2 aliphatic heterocycles. The molecule has 7 heteroatoms. The van der Waals surface area contributed by atoms with E-state index < -0.39 is 0 Å². The monoisotopic (exact) mass is 412 g/mol. The number of nitrogens with one attached hydrogen (secondary N) is 2. The van der Waals surface area contributed by atoms with E-state index in [4.69, 9.17) is 4.74 Å². The minimum absolute atomic E-state index is 0.0744. The number of hydrogen-bond acceptors (Lipinski definition) is 4. The van der Waals surface area contributed by atoms with Crippen LogP contribution in [0.25, 0.3) is 0 Å². The van der Waals surface area contributed by atoms with Gasteiger partial charge in [0.25, 0.3) is 0 Å². The Bertz CT molecular complexity index is 868. The summed E-state index contributed by atoms with van der Waals surface area (Å²) in [6.07, 6.45) is 2.25. The van der Waals surface area contributed by atoms with Gasteiger partial charge in [0.2, 0.25) is 0 Å². The van der Waals surface area contributed by atoms with E-state index in [1.54, 1.807) is 12.1 Å². The minimum Gasteiger partial charge on any atom is -0.379 e. The molecule has 4 rings (SSSR count). The number of carbonyl (C=O) groups is 1. The van der Waals surface area contributed by atoms with Gasteiger partial charge >= 0.3 is 6.03 Å². The van der Waals surface area contributed by atoms with Gasteiger partial charge in [0.1, 0.15) is 5.82 Å². The molecule has 0 aliphatic carbocycles. The topological polar surface area (TPSA) is 56.8 Å². The molecule has 0 bridgehead atoms. The molecule has 2 aliphatic rings. The third-order valence-corrected chi connectivity index (χ3v) is 5.88. The Labute approximate surface area is 177 Å². The number of anilines is 2. The molecule has 1 atom stereocenters. The molecule has 0 saturated carbocycles. The summed E-state index contributed by atoms with van der Waals surface area (Å²) >= 11 is 0. The smallest absolute Gasteiger partial charge is 0.319 e. The number of aryl methyl sites for hydroxylation is 1. The molecular formula is C23H29FN4O2. The summed E-state index contributed by atoms with van der Waals surface area (Å²) in [7, 11) is 2.14.